The van der Waals surface area contributed by atoms with Crippen molar-refractivity contribution >= 4 is 28.5 Å². The zero-order valence-corrected chi connectivity index (χ0v) is 18.2. The predicted octanol–water partition coefficient (Wildman–Crippen LogP) is 4.71. The van der Waals surface area contributed by atoms with Crippen LogP contribution in [0, 0.1) is 0 Å². The number of methoxy groups -OCH3 is 1. The van der Waals surface area contributed by atoms with E-state index in [9.17, 15) is 4.79 Å². The van der Waals surface area contributed by atoms with Gasteiger partial charge in [0.25, 0.3) is 0 Å². The minimum absolute atomic E-state index is 0.265. The molecule has 1 atom stereocenters. The zero-order valence-electron chi connectivity index (χ0n) is 17.4. The Bertz CT molecular complexity index is 1170. The van der Waals surface area contributed by atoms with Gasteiger partial charge in [0.15, 0.2) is 11.0 Å². The van der Waals surface area contributed by atoms with Gasteiger partial charge in [-0.3, -0.25) is 9.36 Å². The Morgan fingerprint density at radius 1 is 1.00 bits per heavy atom. The first-order valence-corrected chi connectivity index (χ1v) is 10.8. The third-order valence-corrected chi connectivity index (χ3v) is 5.96. The maximum atomic E-state index is 11.9. The summed E-state index contributed by atoms with van der Waals surface area (Å²) in [5, 5.41) is 11.1. The van der Waals surface area contributed by atoms with Crippen LogP contribution in [0.25, 0.3) is 10.8 Å². The number of rotatable bonds is 8. The summed E-state index contributed by atoms with van der Waals surface area (Å²) in [6.45, 7) is 2.64. The van der Waals surface area contributed by atoms with Crippen molar-refractivity contribution in [1.82, 2.24) is 14.8 Å². The number of ether oxygens (including phenoxy) is 2. The first kappa shape index (κ1) is 20.9. The van der Waals surface area contributed by atoms with Crippen LogP contribution in [0.1, 0.15) is 18.3 Å². The molecule has 158 valence electrons. The van der Waals surface area contributed by atoms with E-state index < -0.39 is 5.25 Å². The van der Waals surface area contributed by atoms with E-state index in [4.69, 9.17) is 9.47 Å². The molecular weight excluding hydrogens is 410 g/mol. The van der Waals surface area contributed by atoms with Gasteiger partial charge in [0.1, 0.15) is 17.6 Å². The Labute approximate surface area is 185 Å². The number of hydrogen-bond acceptors (Lipinski definition) is 6. The minimum Gasteiger partial charge on any atom is -0.485 e. The van der Waals surface area contributed by atoms with Crippen LogP contribution in [0.5, 0.6) is 5.75 Å². The molecule has 0 saturated heterocycles. The Balaban J connectivity index is 1.60. The summed E-state index contributed by atoms with van der Waals surface area (Å²) < 4.78 is 13.0. The average Bonchev–Trinajstić information content (AvgIpc) is 3.18. The molecule has 0 bridgehead atoms. The van der Waals surface area contributed by atoms with Gasteiger partial charge < -0.3 is 9.47 Å². The molecule has 7 heteroatoms. The van der Waals surface area contributed by atoms with Crippen molar-refractivity contribution in [3.63, 3.8) is 0 Å². The topological polar surface area (TPSA) is 66.2 Å². The van der Waals surface area contributed by atoms with Gasteiger partial charge in [-0.2, -0.15) is 0 Å². The van der Waals surface area contributed by atoms with Crippen LogP contribution >= 0.6 is 11.8 Å². The molecule has 6 nitrogen and oxygen atoms in total. The molecule has 0 amide bonds. The molecule has 0 radical (unpaired) electrons. The molecule has 4 aromatic rings. The Kier molecular flexibility index (Phi) is 6.52. The number of aromatic nitrogens is 3. The third kappa shape index (κ3) is 4.88. The highest BCUT2D eigenvalue weighted by Gasteiger charge is 2.21. The number of fused-ring (bicyclic) bond motifs is 1. The largest absolute Gasteiger partial charge is 0.485 e. The molecule has 1 heterocycles. The number of hydrogen-bond donors (Lipinski definition) is 0. The normalized spacial score (nSPS) is 11.9. The second-order valence-electron chi connectivity index (χ2n) is 7.02. The summed E-state index contributed by atoms with van der Waals surface area (Å²) in [6, 6.07) is 24.2. The van der Waals surface area contributed by atoms with Crippen molar-refractivity contribution in [3.8, 4) is 5.75 Å². The molecule has 0 aliphatic rings. The van der Waals surface area contributed by atoms with E-state index in [1.54, 1.807) is 6.92 Å². The number of esters is 1. The van der Waals surface area contributed by atoms with Crippen molar-refractivity contribution in [2.75, 3.05) is 7.11 Å². The van der Waals surface area contributed by atoms with Gasteiger partial charge in [0.2, 0.25) is 0 Å². The van der Waals surface area contributed by atoms with Gasteiger partial charge in [-0.05, 0) is 23.9 Å². The predicted molar refractivity (Wildman–Crippen MR) is 121 cm³/mol. The Hall–Kier alpha value is -3.32. The lowest BCUT2D eigenvalue weighted by molar-refractivity contribution is -0.139. The van der Waals surface area contributed by atoms with Crippen LogP contribution in [0.15, 0.2) is 78.0 Å². The molecule has 3 aromatic carbocycles. The molecule has 0 saturated carbocycles. The van der Waals surface area contributed by atoms with Gasteiger partial charge in [-0.15, -0.1) is 10.2 Å². The van der Waals surface area contributed by atoms with Crippen LogP contribution < -0.4 is 4.74 Å². The van der Waals surface area contributed by atoms with Crippen molar-refractivity contribution in [2.24, 2.45) is 0 Å². The Morgan fingerprint density at radius 3 is 2.55 bits per heavy atom. The van der Waals surface area contributed by atoms with E-state index in [1.807, 2.05) is 65.2 Å². The second kappa shape index (κ2) is 9.66. The highest BCUT2D eigenvalue weighted by atomic mass is 32.2. The first-order valence-electron chi connectivity index (χ1n) is 9.96. The van der Waals surface area contributed by atoms with E-state index in [-0.39, 0.29) is 12.6 Å². The average molecular weight is 434 g/mol. The molecule has 0 aliphatic carbocycles. The summed E-state index contributed by atoms with van der Waals surface area (Å²) in [4.78, 5) is 11.9. The van der Waals surface area contributed by atoms with E-state index >= 15 is 0 Å². The summed E-state index contributed by atoms with van der Waals surface area (Å²) in [5.74, 6) is 1.19. The molecular formula is C24H23N3O3S. The highest BCUT2D eigenvalue weighted by Crippen LogP contribution is 2.27. The maximum Gasteiger partial charge on any atom is 0.318 e. The first-order chi connectivity index (χ1) is 15.2. The van der Waals surface area contributed by atoms with Crippen LogP contribution in [-0.2, 0) is 22.7 Å². The fourth-order valence-electron chi connectivity index (χ4n) is 3.27. The third-order valence-electron chi connectivity index (χ3n) is 4.90. The lowest BCUT2D eigenvalue weighted by Crippen LogP contribution is -2.16. The van der Waals surface area contributed by atoms with Gasteiger partial charge in [-0.25, -0.2) is 0 Å². The fourth-order valence-corrected chi connectivity index (χ4v) is 4.17. The van der Waals surface area contributed by atoms with E-state index in [0.29, 0.717) is 17.5 Å². The number of carbonyl (C=O) groups is 1. The van der Waals surface area contributed by atoms with Crippen LogP contribution in [0.2, 0.25) is 0 Å². The fraction of sp³-hybridized carbons (Fsp3) is 0.208. The lowest BCUT2D eigenvalue weighted by Gasteiger charge is -2.13. The number of thioether (sulfide) groups is 1. The summed E-state index contributed by atoms with van der Waals surface area (Å²) in [6.07, 6.45) is 0. The number of nitrogens with zero attached hydrogens (tertiary/aromatic N) is 3. The smallest absolute Gasteiger partial charge is 0.318 e. The van der Waals surface area contributed by atoms with Crippen molar-refractivity contribution in [2.45, 2.75) is 30.5 Å². The minimum atomic E-state index is -0.393. The van der Waals surface area contributed by atoms with Crippen LogP contribution in [0.4, 0.5) is 0 Å². The van der Waals surface area contributed by atoms with Crippen LogP contribution in [0.3, 0.4) is 0 Å². The quantitative estimate of drug-likeness (QED) is 0.296. The maximum absolute atomic E-state index is 11.9. The van der Waals surface area contributed by atoms with Gasteiger partial charge in [0.05, 0.1) is 13.7 Å². The van der Waals surface area contributed by atoms with Crippen LogP contribution in [-0.4, -0.2) is 33.1 Å². The standard InChI is InChI=1S/C24H23N3O3S/c1-17(23(28)29-2)31-24-26-25-22(27(24)15-18-9-4-3-5-10-18)16-30-21-14-8-12-19-11-6-7-13-20(19)21/h3-14,17H,15-16H2,1-2H3. The van der Waals surface area contributed by atoms with Crippen molar-refractivity contribution < 1.29 is 14.3 Å². The van der Waals surface area contributed by atoms with E-state index in [0.717, 1.165) is 22.1 Å². The van der Waals surface area contributed by atoms with Crippen molar-refractivity contribution in [3.05, 3.63) is 84.2 Å². The summed E-state index contributed by atoms with van der Waals surface area (Å²) in [7, 11) is 1.39. The van der Waals surface area contributed by atoms with E-state index in [2.05, 4.69) is 22.3 Å². The summed E-state index contributed by atoms with van der Waals surface area (Å²) >= 11 is 1.33. The molecule has 31 heavy (non-hydrogen) atoms. The summed E-state index contributed by atoms with van der Waals surface area (Å²) in [5.41, 5.74) is 1.11. The molecule has 0 fully saturated rings. The van der Waals surface area contributed by atoms with Gasteiger partial charge >= 0.3 is 5.97 Å². The zero-order chi connectivity index (χ0) is 21.6. The van der Waals surface area contributed by atoms with Crippen molar-refractivity contribution in [1.29, 1.82) is 0 Å². The number of benzene rings is 3. The molecule has 0 N–H and O–H groups in total. The van der Waals surface area contributed by atoms with E-state index in [1.165, 1.54) is 18.9 Å². The molecule has 0 spiro atoms. The highest BCUT2D eigenvalue weighted by molar-refractivity contribution is 8.00. The van der Waals surface area contributed by atoms with Gasteiger partial charge in [-0.1, -0.05) is 78.5 Å². The monoisotopic (exact) mass is 433 g/mol. The Morgan fingerprint density at radius 2 is 1.74 bits per heavy atom. The molecule has 1 unspecified atom stereocenters. The SMILES string of the molecule is COC(=O)C(C)Sc1nnc(COc2cccc3ccccc23)n1Cc1ccccc1. The molecule has 4 rings (SSSR count). The van der Waals surface area contributed by atoms with Gasteiger partial charge in [0, 0.05) is 5.39 Å². The number of carbonyl (C=O) groups excluding carboxylic acids is 1. The molecule has 0 aliphatic heterocycles. The molecule has 1 aromatic heterocycles. The lowest BCUT2D eigenvalue weighted by atomic mass is 10.1. The second-order valence-corrected chi connectivity index (χ2v) is 8.33.